The second-order valence-corrected chi connectivity index (χ2v) is 7.45. The number of carbonyl (C=O) groups is 1. The molecule has 27 heavy (non-hydrogen) atoms. The molecular formula is C19H27ClN6O. The molecule has 0 bridgehead atoms. The van der Waals surface area contributed by atoms with Crippen LogP contribution in [0.1, 0.15) is 29.0 Å². The maximum atomic E-state index is 12.4. The molecule has 1 amide bonds. The maximum absolute atomic E-state index is 12.4. The van der Waals surface area contributed by atoms with Gasteiger partial charge < -0.3 is 15.1 Å². The lowest BCUT2D eigenvalue weighted by Gasteiger charge is -2.32. The Morgan fingerprint density at radius 2 is 1.96 bits per heavy atom. The summed E-state index contributed by atoms with van der Waals surface area (Å²) in [4.78, 5) is 18.7. The van der Waals surface area contributed by atoms with E-state index >= 15 is 0 Å². The van der Waals surface area contributed by atoms with Crippen LogP contribution in [0.2, 0.25) is 5.02 Å². The van der Waals surface area contributed by atoms with Crippen molar-refractivity contribution in [3.63, 3.8) is 0 Å². The van der Waals surface area contributed by atoms with Crippen LogP contribution in [0, 0.1) is 6.92 Å². The van der Waals surface area contributed by atoms with E-state index in [0.29, 0.717) is 23.0 Å². The minimum atomic E-state index is -0.180. The van der Waals surface area contributed by atoms with Crippen LogP contribution in [0.3, 0.4) is 0 Å². The standard InChI is InChI=1S/C19H27ClN6O/c1-15-18(23-26(22-15)17-7-5-6-16(20)14-17)19(27)21-8-3-4-9-25-12-10-24(2)11-13-25/h5-7,14H,3-4,8-13H2,1-2H3,(H,21,27). The van der Waals surface area contributed by atoms with Gasteiger partial charge >= 0.3 is 0 Å². The number of likely N-dealkylation sites (N-methyl/N-ethyl adjacent to an activating group) is 1. The first kappa shape index (κ1) is 19.8. The molecule has 1 saturated heterocycles. The zero-order valence-corrected chi connectivity index (χ0v) is 16.7. The molecule has 1 aromatic carbocycles. The molecule has 146 valence electrons. The Morgan fingerprint density at radius 1 is 1.19 bits per heavy atom. The van der Waals surface area contributed by atoms with Gasteiger partial charge in [0.25, 0.3) is 5.91 Å². The van der Waals surface area contributed by atoms with E-state index in [1.54, 1.807) is 19.1 Å². The fraction of sp³-hybridized carbons (Fsp3) is 0.526. The van der Waals surface area contributed by atoms with Crippen LogP contribution in [0.25, 0.3) is 5.69 Å². The van der Waals surface area contributed by atoms with Gasteiger partial charge in [-0.25, -0.2) is 0 Å². The maximum Gasteiger partial charge on any atom is 0.273 e. The summed E-state index contributed by atoms with van der Waals surface area (Å²) in [7, 11) is 2.16. The Bertz CT molecular complexity index is 769. The van der Waals surface area contributed by atoms with Crippen LogP contribution in [0.5, 0.6) is 0 Å². The molecule has 0 atom stereocenters. The van der Waals surface area contributed by atoms with Gasteiger partial charge in [0.2, 0.25) is 0 Å². The molecule has 3 rings (SSSR count). The predicted molar refractivity (Wildman–Crippen MR) is 107 cm³/mol. The van der Waals surface area contributed by atoms with Gasteiger partial charge in [0.05, 0.1) is 11.4 Å². The van der Waals surface area contributed by atoms with Gasteiger partial charge in [-0.05, 0) is 51.6 Å². The van der Waals surface area contributed by atoms with E-state index in [9.17, 15) is 4.79 Å². The number of nitrogens with one attached hydrogen (secondary N) is 1. The van der Waals surface area contributed by atoms with E-state index in [1.165, 1.54) is 4.80 Å². The van der Waals surface area contributed by atoms with Gasteiger partial charge in [0.15, 0.2) is 5.69 Å². The quantitative estimate of drug-likeness (QED) is 0.732. The summed E-state index contributed by atoms with van der Waals surface area (Å²) in [6, 6.07) is 7.24. The second kappa shape index (κ2) is 9.30. The number of aromatic nitrogens is 3. The molecule has 8 heteroatoms. The van der Waals surface area contributed by atoms with Crippen molar-refractivity contribution < 1.29 is 4.79 Å². The number of benzene rings is 1. The van der Waals surface area contributed by atoms with Crippen molar-refractivity contribution in [3.05, 3.63) is 40.7 Å². The average molecular weight is 391 g/mol. The summed E-state index contributed by atoms with van der Waals surface area (Å²) in [5.41, 5.74) is 1.69. The predicted octanol–water partition coefficient (Wildman–Crippen LogP) is 1.99. The summed E-state index contributed by atoms with van der Waals surface area (Å²) in [6.45, 7) is 8.07. The fourth-order valence-electron chi connectivity index (χ4n) is 3.12. The Labute approximate surface area is 165 Å². The molecular weight excluding hydrogens is 364 g/mol. The molecule has 1 aromatic heterocycles. The molecule has 0 aliphatic carbocycles. The van der Waals surface area contributed by atoms with E-state index in [2.05, 4.69) is 32.4 Å². The van der Waals surface area contributed by atoms with Crippen LogP contribution in [0.15, 0.2) is 24.3 Å². The van der Waals surface area contributed by atoms with E-state index in [1.807, 2.05) is 12.1 Å². The van der Waals surface area contributed by atoms with Gasteiger partial charge in [-0.1, -0.05) is 17.7 Å². The topological polar surface area (TPSA) is 66.3 Å². The van der Waals surface area contributed by atoms with Crippen LogP contribution >= 0.6 is 11.6 Å². The Morgan fingerprint density at radius 3 is 2.70 bits per heavy atom. The number of unbranched alkanes of at least 4 members (excludes halogenated alkanes) is 1. The minimum Gasteiger partial charge on any atom is -0.351 e. The number of halogens is 1. The molecule has 1 fully saturated rings. The Balaban J connectivity index is 1.44. The first-order valence-electron chi connectivity index (χ1n) is 9.42. The van der Waals surface area contributed by atoms with Crippen molar-refractivity contribution >= 4 is 17.5 Å². The normalized spacial score (nSPS) is 15.8. The molecule has 1 aliphatic heterocycles. The molecule has 1 N–H and O–H groups in total. The molecule has 2 aromatic rings. The van der Waals surface area contributed by atoms with Gasteiger partial charge in [0, 0.05) is 37.7 Å². The fourth-order valence-corrected chi connectivity index (χ4v) is 3.31. The largest absolute Gasteiger partial charge is 0.351 e. The van der Waals surface area contributed by atoms with Crippen molar-refractivity contribution in [2.75, 3.05) is 46.3 Å². The summed E-state index contributed by atoms with van der Waals surface area (Å²) >= 11 is 6.01. The van der Waals surface area contributed by atoms with Crippen molar-refractivity contribution in [2.45, 2.75) is 19.8 Å². The van der Waals surface area contributed by atoms with Crippen molar-refractivity contribution in [3.8, 4) is 5.69 Å². The van der Waals surface area contributed by atoms with E-state index in [-0.39, 0.29) is 5.91 Å². The Kier molecular flexibility index (Phi) is 6.82. The van der Waals surface area contributed by atoms with Crippen molar-refractivity contribution in [2.24, 2.45) is 0 Å². The van der Waals surface area contributed by atoms with Crippen LogP contribution in [-0.2, 0) is 0 Å². The van der Waals surface area contributed by atoms with Gasteiger partial charge in [-0.3, -0.25) is 4.79 Å². The highest BCUT2D eigenvalue weighted by Crippen LogP contribution is 2.14. The molecule has 0 unspecified atom stereocenters. The smallest absolute Gasteiger partial charge is 0.273 e. The molecule has 0 spiro atoms. The Hall–Kier alpha value is -1.96. The van der Waals surface area contributed by atoms with Gasteiger partial charge in [-0.15, -0.1) is 5.10 Å². The summed E-state index contributed by atoms with van der Waals surface area (Å²) in [5.74, 6) is -0.180. The van der Waals surface area contributed by atoms with Crippen LogP contribution in [0.4, 0.5) is 0 Å². The number of aryl methyl sites for hydroxylation is 1. The zero-order valence-electron chi connectivity index (χ0n) is 16.0. The molecule has 0 radical (unpaired) electrons. The zero-order chi connectivity index (χ0) is 19.2. The van der Waals surface area contributed by atoms with Crippen LogP contribution in [-0.4, -0.2) is 77.0 Å². The van der Waals surface area contributed by atoms with Crippen molar-refractivity contribution in [1.29, 1.82) is 0 Å². The van der Waals surface area contributed by atoms with E-state index < -0.39 is 0 Å². The van der Waals surface area contributed by atoms with E-state index in [4.69, 9.17) is 11.6 Å². The van der Waals surface area contributed by atoms with Gasteiger partial charge in [0.1, 0.15) is 0 Å². The number of amides is 1. The number of piperazine rings is 1. The molecule has 7 nitrogen and oxygen atoms in total. The van der Waals surface area contributed by atoms with Crippen molar-refractivity contribution in [1.82, 2.24) is 30.1 Å². The number of hydrogen-bond donors (Lipinski definition) is 1. The highest BCUT2D eigenvalue weighted by Gasteiger charge is 2.16. The molecule has 2 heterocycles. The molecule has 1 aliphatic rings. The highest BCUT2D eigenvalue weighted by molar-refractivity contribution is 6.30. The van der Waals surface area contributed by atoms with Gasteiger partial charge in [-0.2, -0.15) is 9.90 Å². The number of rotatable bonds is 7. The second-order valence-electron chi connectivity index (χ2n) is 7.01. The summed E-state index contributed by atoms with van der Waals surface area (Å²) < 4.78 is 0. The lowest BCUT2D eigenvalue weighted by atomic mass is 10.2. The third-order valence-corrected chi connectivity index (χ3v) is 5.05. The monoisotopic (exact) mass is 390 g/mol. The summed E-state index contributed by atoms with van der Waals surface area (Å²) in [6.07, 6.45) is 2.04. The lowest BCUT2D eigenvalue weighted by molar-refractivity contribution is 0.0946. The SMILES string of the molecule is Cc1nn(-c2cccc(Cl)c2)nc1C(=O)NCCCCN1CCN(C)CC1. The third kappa shape index (κ3) is 5.51. The number of hydrogen-bond acceptors (Lipinski definition) is 5. The third-order valence-electron chi connectivity index (χ3n) is 4.82. The van der Waals surface area contributed by atoms with Crippen LogP contribution < -0.4 is 5.32 Å². The lowest BCUT2D eigenvalue weighted by Crippen LogP contribution is -2.44. The number of nitrogens with zero attached hydrogens (tertiary/aromatic N) is 5. The highest BCUT2D eigenvalue weighted by atomic mass is 35.5. The summed E-state index contributed by atoms with van der Waals surface area (Å²) in [5, 5.41) is 12.2. The molecule has 0 saturated carbocycles. The van der Waals surface area contributed by atoms with E-state index in [0.717, 1.165) is 51.3 Å². The first-order valence-corrected chi connectivity index (χ1v) is 9.80. The minimum absolute atomic E-state index is 0.180. The first-order chi connectivity index (χ1) is 13.0. The average Bonchev–Trinajstić information content (AvgIpc) is 3.05. The number of carbonyl (C=O) groups excluding carboxylic acids is 1.